The van der Waals surface area contributed by atoms with E-state index in [4.69, 9.17) is 9.84 Å². The van der Waals surface area contributed by atoms with E-state index in [9.17, 15) is 9.59 Å². The summed E-state index contributed by atoms with van der Waals surface area (Å²) in [4.78, 5) is 22.4. The van der Waals surface area contributed by atoms with Crippen LogP contribution in [0.5, 0.6) is 5.75 Å². The molecule has 0 spiro atoms. The number of carboxylic acid groups (broad SMARTS) is 1. The topological polar surface area (TPSA) is 75.6 Å². The maximum absolute atomic E-state index is 11.7. The maximum Gasteiger partial charge on any atom is 0.335 e. The monoisotopic (exact) mass is 277 g/mol. The Morgan fingerprint density at radius 1 is 1.20 bits per heavy atom. The quantitative estimate of drug-likeness (QED) is 0.780. The molecule has 0 radical (unpaired) electrons. The van der Waals surface area contributed by atoms with Crippen molar-refractivity contribution in [3.8, 4) is 5.75 Å². The van der Waals surface area contributed by atoms with Gasteiger partial charge in [-0.05, 0) is 37.1 Å². The fraction of sp³-hybridized carbons (Fsp3) is 0.467. The maximum atomic E-state index is 11.7. The zero-order valence-electron chi connectivity index (χ0n) is 11.3. The Kier molecular flexibility index (Phi) is 4.98. The summed E-state index contributed by atoms with van der Waals surface area (Å²) >= 11 is 0. The molecule has 1 aromatic carbocycles. The lowest BCUT2D eigenvalue weighted by Gasteiger charge is -2.11. The van der Waals surface area contributed by atoms with E-state index >= 15 is 0 Å². The van der Waals surface area contributed by atoms with Crippen LogP contribution in [0.2, 0.25) is 0 Å². The smallest absolute Gasteiger partial charge is 0.335 e. The second-order valence-corrected chi connectivity index (χ2v) is 4.95. The highest BCUT2D eigenvalue weighted by Gasteiger charge is 2.21. The summed E-state index contributed by atoms with van der Waals surface area (Å²) in [7, 11) is 0. The largest absolute Gasteiger partial charge is 0.492 e. The van der Waals surface area contributed by atoms with E-state index in [0.717, 1.165) is 25.7 Å². The summed E-state index contributed by atoms with van der Waals surface area (Å²) in [5, 5.41) is 11.6. The van der Waals surface area contributed by atoms with Crippen molar-refractivity contribution in [2.24, 2.45) is 5.92 Å². The molecule has 1 aliphatic carbocycles. The molecule has 20 heavy (non-hydrogen) atoms. The minimum Gasteiger partial charge on any atom is -0.492 e. The van der Waals surface area contributed by atoms with Gasteiger partial charge in [0.05, 0.1) is 12.1 Å². The van der Waals surface area contributed by atoms with E-state index in [-0.39, 0.29) is 17.4 Å². The first kappa shape index (κ1) is 14.4. The second-order valence-electron chi connectivity index (χ2n) is 4.95. The molecular formula is C15H19NO4. The lowest BCUT2D eigenvalue weighted by Crippen LogP contribution is -2.32. The van der Waals surface area contributed by atoms with Crippen molar-refractivity contribution in [3.63, 3.8) is 0 Å². The van der Waals surface area contributed by atoms with Gasteiger partial charge in [0.15, 0.2) is 0 Å². The fourth-order valence-electron chi connectivity index (χ4n) is 2.37. The molecule has 1 aromatic rings. The molecule has 1 aliphatic rings. The highest BCUT2D eigenvalue weighted by atomic mass is 16.5. The molecule has 2 rings (SSSR count). The van der Waals surface area contributed by atoms with Crippen LogP contribution in [0.15, 0.2) is 24.3 Å². The van der Waals surface area contributed by atoms with Gasteiger partial charge in [0, 0.05) is 5.92 Å². The molecule has 5 heteroatoms. The normalized spacial score (nSPS) is 15.0. The van der Waals surface area contributed by atoms with Gasteiger partial charge in [-0.2, -0.15) is 0 Å². The predicted octanol–water partition coefficient (Wildman–Crippen LogP) is 2.07. The van der Waals surface area contributed by atoms with Gasteiger partial charge in [0.2, 0.25) is 5.91 Å². The molecule has 0 heterocycles. The van der Waals surface area contributed by atoms with E-state index in [0.29, 0.717) is 18.9 Å². The number of benzene rings is 1. The summed E-state index contributed by atoms with van der Waals surface area (Å²) in [6.07, 6.45) is 4.27. The lowest BCUT2D eigenvalue weighted by atomic mass is 10.1. The Hall–Kier alpha value is -2.04. The van der Waals surface area contributed by atoms with Crippen molar-refractivity contribution in [2.45, 2.75) is 25.7 Å². The third-order valence-electron chi connectivity index (χ3n) is 3.50. The van der Waals surface area contributed by atoms with Crippen molar-refractivity contribution in [1.82, 2.24) is 5.32 Å². The molecule has 0 aliphatic heterocycles. The number of amides is 1. The molecule has 2 N–H and O–H groups in total. The fourth-order valence-corrected chi connectivity index (χ4v) is 2.37. The van der Waals surface area contributed by atoms with Gasteiger partial charge in [0.1, 0.15) is 12.4 Å². The number of ether oxygens (including phenoxy) is 1. The summed E-state index contributed by atoms with van der Waals surface area (Å²) in [6.45, 7) is 0.848. The standard InChI is InChI=1S/C15H19NO4/c17-14(11-3-1-2-4-11)16-9-10-20-13-7-5-12(6-8-13)15(18)19/h5-8,11H,1-4,9-10H2,(H,16,17)(H,18,19). The third-order valence-corrected chi connectivity index (χ3v) is 3.50. The van der Waals surface area contributed by atoms with Gasteiger partial charge in [-0.25, -0.2) is 4.79 Å². The molecule has 0 aromatic heterocycles. The number of hydrogen-bond acceptors (Lipinski definition) is 3. The van der Waals surface area contributed by atoms with Crippen molar-refractivity contribution < 1.29 is 19.4 Å². The van der Waals surface area contributed by atoms with Crippen molar-refractivity contribution >= 4 is 11.9 Å². The van der Waals surface area contributed by atoms with Crippen LogP contribution in [0.3, 0.4) is 0 Å². The molecule has 0 bridgehead atoms. The lowest BCUT2D eigenvalue weighted by molar-refractivity contribution is -0.124. The molecule has 5 nitrogen and oxygen atoms in total. The van der Waals surface area contributed by atoms with Crippen LogP contribution in [0.1, 0.15) is 36.0 Å². The summed E-state index contributed by atoms with van der Waals surface area (Å²) in [5.74, 6) is -0.0670. The summed E-state index contributed by atoms with van der Waals surface area (Å²) < 4.78 is 5.45. The second kappa shape index (κ2) is 6.93. The van der Waals surface area contributed by atoms with E-state index < -0.39 is 5.97 Å². The number of rotatable bonds is 6. The van der Waals surface area contributed by atoms with Crippen LogP contribution < -0.4 is 10.1 Å². The number of carbonyl (C=O) groups excluding carboxylic acids is 1. The molecule has 1 saturated carbocycles. The Morgan fingerprint density at radius 2 is 1.85 bits per heavy atom. The molecule has 1 fully saturated rings. The Bertz CT molecular complexity index is 463. The van der Waals surface area contributed by atoms with E-state index in [2.05, 4.69) is 5.32 Å². The van der Waals surface area contributed by atoms with E-state index in [1.54, 1.807) is 12.1 Å². The van der Waals surface area contributed by atoms with E-state index in [1.165, 1.54) is 12.1 Å². The van der Waals surface area contributed by atoms with Crippen molar-refractivity contribution in [1.29, 1.82) is 0 Å². The average Bonchev–Trinajstić information content (AvgIpc) is 2.98. The summed E-state index contributed by atoms with van der Waals surface area (Å²) in [6, 6.07) is 6.22. The van der Waals surface area contributed by atoms with Crippen molar-refractivity contribution in [3.05, 3.63) is 29.8 Å². The van der Waals surface area contributed by atoms with Gasteiger partial charge >= 0.3 is 5.97 Å². The Morgan fingerprint density at radius 3 is 2.45 bits per heavy atom. The number of carbonyl (C=O) groups is 2. The van der Waals surface area contributed by atoms with Crippen LogP contribution in [0.25, 0.3) is 0 Å². The Balaban J connectivity index is 1.67. The van der Waals surface area contributed by atoms with Gasteiger partial charge < -0.3 is 15.2 Å². The van der Waals surface area contributed by atoms with Gasteiger partial charge in [0.25, 0.3) is 0 Å². The first-order chi connectivity index (χ1) is 9.66. The predicted molar refractivity (Wildman–Crippen MR) is 73.9 cm³/mol. The molecule has 1 amide bonds. The molecule has 0 saturated heterocycles. The highest BCUT2D eigenvalue weighted by molar-refractivity contribution is 5.87. The van der Waals surface area contributed by atoms with Gasteiger partial charge in [-0.1, -0.05) is 12.8 Å². The van der Waals surface area contributed by atoms with Crippen molar-refractivity contribution in [2.75, 3.05) is 13.2 Å². The zero-order valence-corrected chi connectivity index (χ0v) is 11.3. The minimum atomic E-state index is -0.958. The van der Waals surface area contributed by atoms with Crippen LogP contribution in [0.4, 0.5) is 0 Å². The highest BCUT2D eigenvalue weighted by Crippen LogP contribution is 2.24. The molecule has 0 unspecified atom stereocenters. The third kappa shape index (κ3) is 3.98. The Labute approximate surface area is 117 Å². The first-order valence-corrected chi connectivity index (χ1v) is 6.90. The van der Waals surface area contributed by atoms with Gasteiger partial charge in [-0.15, -0.1) is 0 Å². The van der Waals surface area contributed by atoms with E-state index in [1.807, 2.05) is 0 Å². The molecule has 0 atom stereocenters. The average molecular weight is 277 g/mol. The SMILES string of the molecule is O=C(O)c1ccc(OCCNC(=O)C2CCCC2)cc1. The van der Waals surface area contributed by atoms with Crippen LogP contribution in [0, 0.1) is 5.92 Å². The van der Waals surface area contributed by atoms with Crippen LogP contribution >= 0.6 is 0 Å². The number of aromatic carboxylic acids is 1. The van der Waals surface area contributed by atoms with Gasteiger partial charge in [-0.3, -0.25) is 4.79 Å². The molecule has 108 valence electrons. The van der Waals surface area contributed by atoms with Crippen LogP contribution in [-0.2, 0) is 4.79 Å². The minimum absolute atomic E-state index is 0.118. The van der Waals surface area contributed by atoms with Crippen LogP contribution in [-0.4, -0.2) is 30.1 Å². The first-order valence-electron chi connectivity index (χ1n) is 6.90. The number of hydrogen-bond donors (Lipinski definition) is 2. The number of carboxylic acids is 1. The molecular weight excluding hydrogens is 258 g/mol. The zero-order chi connectivity index (χ0) is 14.4. The number of nitrogens with one attached hydrogen (secondary N) is 1. The summed E-state index contributed by atoms with van der Waals surface area (Å²) in [5.41, 5.74) is 0.229.